The second-order valence-corrected chi connectivity index (χ2v) is 5.26. The highest BCUT2D eigenvalue weighted by Crippen LogP contribution is 2.20. The molecule has 0 spiro atoms. The molecule has 1 unspecified atom stereocenters. The molecule has 2 N–H and O–H groups in total. The summed E-state index contributed by atoms with van der Waals surface area (Å²) in [4.78, 5) is 23.8. The first kappa shape index (κ1) is 14.2. The van der Waals surface area contributed by atoms with Gasteiger partial charge in [0.15, 0.2) is 6.04 Å². The van der Waals surface area contributed by atoms with E-state index in [0.29, 0.717) is 10.4 Å². The topological polar surface area (TPSA) is 66.4 Å². The van der Waals surface area contributed by atoms with Gasteiger partial charge < -0.3 is 10.4 Å². The first-order chi connectivity index (χ1) is 9.47. The van der Waals surface area contributed by atoms with E-state index in [-0.39, 0.29) is 5.56 Å². The van der Waals surface area contributed by atoms with Crippen molar-refractivity contribution >= 4 is 23.2 Å². The number of carbonyl (C=O) groups is 2. The van der Waals surface area contributed by atoms with Gasteiger partial charge in [0.2, 0.25) is 0 Å². The maximum Gasteiger partial charge on any atom is 0.331 e. The molecule has 0 saturated carbocycles. The van der Waals surface area contributed by atoms with Crippen molar-refractivity contribution in [2.45, 2.75) is 13.0 Å². The van der Waals surface area contributed by atoms with Crippen LogP contribution in [0, 0.1) is 12.7 Å². The van der Waals surface area contributed by atoms with E-state index >= 15 is 0 Å². The predicted molar refractivity (Wildman–Crippen MR) is 73.3 cm³/mol. The van der Waals surface area contributed by atoms with Crippen molar-refractivity contribution in [2.24, 2.45) is 0 Å². The van der Waals surface area contributed by atoms with Gasteiger partial charge in [-0.1, -0.05) is 6.07 Å². The van der Waals surface area contributed by atoms with Gasteiger partial charge in [-0.3, -0.25) is 4.79 Å². The minimum atomic E-state index is -1.16. The van der Waals surface area contributed by atoms with Crippen LogP contribution in [0.3, 0.4) is 0 Å². The zero-order chi connectivity index (χ0) is 14.7. The number of benzene rings is 1. The molecule has 0 radical (unpaired) electrons. The normalized spacial score (nSPS) is 11.9. The molecule has 0 saturated heterocycles. The molecule has 1 amide bonds. The number of halogens is 1. The van der Waals surface area contributed by atoms with Crippen LogP contribution in [0.1, 0.15) is 26.8 Å². The average molecular weight is 293 g/mol. The number of nitrogens with one attached hydrogen (secondary N) is 1. The van der Waals surface area contributed by atoms with Gasteiger partial charge in [0.1, 0.15) is 5.82 Å². The van der Waals surface area contributed by atoms with Crippen molar-refractivity contribution in [3.63, 3.8) is 0 Å². The Bertz CT molecular complexity index is 620. The largest absolute Gasteiger partial charge is 0.479 e. The molecule has 0 bridgehead atoms. The summed E-state index contributed by atoms with van der Waals surface area (Å²) in [6, 6.07) is 6.08. The molecule has 0 aliphatic carbocycles. The Labute approximate surface area is 118 Å². The Morgan fingerprint density at radius 1 is 1.35 bits per heavy atom. The van der Waals surface area contributed by atoms with E-state index in [1.807, 2.05) is 0 Å². The molecule has 1 heterocycles. The zero-order valence-corrected chi connectivity index (χ0v) is 11.4. The Morgan fingerprint density at radius 3 is 2.65 bits per heavy atom. The third kappa shape index (κ3) is 3.21. The molecule has 0 fully saturated rings. The average Bonchev–Trinajstić information content (AvgIpc) is 2.87. The molecular weight excluding hydrogens is 281 g/mol. The fourth-order valence-corrected chi connectivity index (χ4v) is 2.56. The van der Waals surface area contributed by atoms with E-state index in [9.17, 15) is 14.0 Å². The van der Waals surface area contributed by atoms with Crippen molar-refractivity contribution < 1.29 is 19.1 Å². The van der Waals surface area contributed by atoms with Gasteiger partial charge in [-0.25, -0.2) is 9.18 Å². The third-order valence-corrected chi connectivity index (χ3v) is 3.59. The van der Waals surface area contributed by atoms with E-state index in [1.54, 1.807) is 24.4 Å². The number of thiophene rings is 1. The number of carboxylic acid groups (broad SMARTS) is 1. The van der Waals surface area contributed by atoms with E-state index in [0.717, 1.165) is 6.07 Å². The lowest BCUT2D eigenvalue weighted by Gasteiger charge is -2.13. The van der Waals surface area contributed by atoms with Crippen molar-refractivity contribution in [1.29, 1.82) is 0 Å². The van der Waals surface area contributed by atoms with E-state index in [1.165, 1.54) is 23.5 Å². The molecular formula is C14H12FNO3S. The van der Waals surface area contributed by atoms with Gasteiger partial charge in [-0.15, -0.1) is 11.3 Å². The predicted octanol–water partition coefficient (Wildman–Crippen LogP) is 2.75. The highest BCUT2D eigenvalue weighted by Gasteiger charge is 2.23. The van der Waals surface area contributed by atoms with Crippen LogP contribution >= 0.6 is 11.3 Å². The Kier molecular flexibility index (Phi) is 4.14. The molecule has 4 nitrogen and oxygen atoms in total. The third-order valence-electron chi connectivity index (χ3n) is 2.65. The summed E-state index contributed by atoms with van der Waals surface area (Å²) in [5.41, 5.74) is 0.698. The van der Waals surface area contributed by atoms with Crippen LogP contribution < -0.4 is 5.32 Å². The number of hydrogen-bond acceptors (Lipinski definition) is 3. The van der Waals surface area contributed by atoms with Crippen LogP contribution in [0.25, 0.3) is 0 Å². The molecule has 0 aliphatic heterocycles. The SMILES string of the molecule is Cc1cc(F)cc(C(=O)NC(C(=O)O)c2cccs2)c1. The lowest BCUT2D eigenvalue weighted by Crippen LogP contribution is -2.33. The molecule has 20 heavy (non-hydrogen) atoms. The Balaban J connectivity index is 2.23. The number of carbonyl (C=O) groups excluding carboxylic acids is 1. The van der Waals surface area contributed by atoms with E-state index in [4.69, 9.17) is 5.11 Å². The van der Waals surface area contributed by atoms with Crippen LogP contribution in [-0.4, -0.2) is 17.0 Å². The highest BCUT2D eigenvalue weighted by molar-refractivity contribution is 7.10. The minimum Gasteiger partial charge on any atom is -0.479 e. The quantitative estimate of drug-likeness (QED) is 0.911. The van der Waals surface area contributed by atoms with Gasteiger partial charge in [0, 0.05) is 10.4 Å². The van der Waals surface area contributed by atoms with E-state index < -0.39 is 23.7 Å². The molecule has 2 rings (SSSR count). The minimum absolute atomic E-state index is 0.102. The molecule has 1 aromatic heterocycles. The number of aliphatic carboxylic acids is 1. The summed E-state index contributed by atoms with van der Waals surface area (Å²) in [7, 11) is 0. The van der Waals surface area contributed by atoms with Crippen LogP contribution in [0.2, 0.25) is 0 Å². The van der Waals surface area contributed by atoms with Crippen molar-refractivity contribution in [1.82, 2.24) is 5.32 Å². The zero-order valence-electron chi connectivity index (χ0n) is 10.6. The number of amides is 1. The standard InChI is InChI=1S/C14H12FNO3S/c1-8-5-9(7-10(15)6-8)13(17)16-12(14(18)19)11-3-2-4-20-11/h2-7,12H,1H3,(H,16,17)(H,18,19). The van der Waals surface area contributed by atoms with Crippen LogP contribution in [0.4, 0.5) is 4.39 Å². The molecule has 0 aliphatic rings. The number of carboxylic acids is 1. The lowest BCUT2D eigenvalue weighted by atomic mass is 10.1. The van der Waals surface area contributed by atoms with Gasteiger partial charge in [0.05, 0.1) is 0 Å². The van der Waals surface area contributed by atoms with E-state index in [2.05, 4.69) is 5.32 Å². The molecule has 1 atom stereocenters. The maximum absolute atomic E-state index is 13.3. The maximum atomic E-state index is 13.3. The second kappa shape index (κ2) is 5.83. The Morgan fingerprint density at radius 2 is 2.10 bits per heavy atom. The Hall–Kier alpha value is -2.21. The number of hydrogen-bond donors (Lipinski definition) is 2. The van der Waals surface area contributed by atoms with Crippen molar-refractivity contribution in [3.05, 3.63) is 57.5 Å². The van der Waals surface area contributed by atoms with Crippen LogP contribution in [0.15, 0.2) is 35.7 Å². The molecule has 2 aromatic rings. The molecule has 1 aromatic carbocycles. The lowest BCUT2D eigenvalue weighted by molar-refractivity contribution is -0.139. The van der Waals surface area contributed by atoms with Gasteiger partial charge in [-0.2, -0.15) is 0 Å². The monoisotopic (exact) mass is 293 g/mol. The summed E-state index contributed by atoms with van der Waals surface area (Å²) in [6.07, 6.45) is 0. The van der Waals surface area contributed by atoms with Crippen molar-refractivity contribution in [3.8, 4) is 0 Å². The summed E-state index contributed by atoms with van der Waals surface area (Å²) in [5, 5.41) is 13.3. The summed E-state index contributed by atoms with van der Waals surface area (Å²) in [6.45, 7) is 1.66. The van der Waals surface area contributed by atoms with Gasteiger partial charge >= 0.3 is 5.97 Å². The highest BCUT2D eigenvalue weighted by atomic mass is 32.1. The smallest absolute Gasteiger partial charge is 0.331 e. The summed E-state index contributed by atoms with van der Waals surface area (Å²) in [5.74, 6) is -2.31. The van der Waals surface area contributed by atoms with Gasteiger partial charge in [-0.05, 0) is 42.1 Å². The van der Waals surface area contributed by atoms with Crippen molar-refractivity contribution in [2.75, 3.05) is 0 Å². The first-order valence-electron chi connectivity index (χ1n) is 5.81. The summed E-state index contributed by atoms with van der Waals surface area (Å²) >= 11 is 1.23. The number of rotatable bonds is 4. The number of aryl methyl sites for hydroxylation is 1. The fourth-order valence-electron chi connectivity index (χ4n) is 1.79. The summed E-state index contributed by atoms with van der Waals surface area (Å²) < 4.78 is 13.3. The van der Waals surface area contributed by atoms with Gasteiger partial charge in [0.25, 0.3) is 5.91 Å². The molecule has 104 valence electrons. The first-order valence-corrected chi connectivity index (χ1v) is 6.69. The van der Waals surface area contributed by atoms with Crippen LogP contribution in [-0.2, 0) is 4.79 Å². The second-order valence-electron chi connectivity index (χ2n) is 4.28. The fraction of sp³-hybridized carbons (Fsp3) is 0.143. The van der Waals surface area contributed by atoms with Crippen LogP contribution in [0.5, 0.6) is 0 Å². The molecule has 6 heteroatoms.